The summed E-state index contributed by atoms with van der Waals surface area (Å²) in [5.41, 5.74) is 0. The van der Waals surface area contributed by atoms with Crippen molar-refractivity contribution in [3.63, 3.8) is 0 Å². The van der Waals surface area contributed by atoms with Crippen LogP contribution in [0.25, 0.3) is 0 Å². The van der Waals surface area contributed by atoms with Crippen LogP contribution in [0.1, 0.15) is 6.92 Å². The molecule has 0 bridgehead atoms. The summed E-state index contributed by atoms with van der Waals surface area (Å²) in [6.07, 6.45) is 0. The number of hydrogen-bond donors (Lipinski definition) is 2. The van der Waals surface area contributed by atoms with E-state index in [0.29, 0.717) is 13.2 Å². The summed E-state index contributed by atoms with van der Waals surface area (Å²) in [4.78, 5) is 10.4. The van der Waals surface area contributed by atoms with Crippen LogP contribution in [0.15, 0.2) is 0 Å². The van der Waals surface area contributed by atoms with Crippen LogP contribution in [0, 0.1) is 0 Å². The Morgan fingerprint density at radius 3 is 2.50 bits per heavy atom. The van der Waals surface area contributed by atoms with Crippen LogP contribution in [0.5, 0.6) is 0 Å². The fourth-order valence-corrected chi connectivity index (χ4v) is 1.89. The minimum Gasteiger partial charge on any atom is -0.480 e. The zero-order valence-corrected chi connectivity index (χ0v) is 10.1. The molecule has 1 atom stereocenters. The molecule has 0 amide bonds. The smallest absolute Gasteiger partial charge is 0.321 e. The molecule has 0 aromatic rings. The molecule has 2 N–H and O–H groups in total. The lowest BCUT2D eigenvalue weighted by Gasteiger charge is -2.10. The summed E-state index contributed by atoms with van der Waals surface area (Å²) < 4.78 is 34.3. The predicted octanol–water partition coefficient (Wildman–Crippen LogP) is -0.958. The van der Waals surface area contributed by atoms with E-state index in [1.165, 1.54) is 14.0 Å². The highest BCUT2D eigenvalue weighted by Gasteiger charge is 2.18. The van der Waals surface area contributed by atoms with Gasteiger partial charge in [-0.1, -0.05) is 0 Å². The van der Waals surface area contributed by atoms with Gasteiger partial charge in [-0.3, -0.25) is 4.79 Å². The topological polar surface area (TPSA) is 102 Å². The van der Waals surface area contributed by atoms with Crippen LogP contribution in [0.3, 0.4) is 0 Å². The van der Waals surface area contributed by atoms with Crippen LogP contribution >= 0.6 is 0 Å². The molecule has 0 spiro atoms. The number of nitrogens with one attached hydrogen (secondary N) is 1. The molecule has 0 saturated carbocycles. The summed E-state index contributed by atoms with van der Waals surface area (Å²) in [6.45, 7) is 1.95. The molecule has 0 aromatic carbocycles. The highest BCUT2D eigenvalue weighted by Crippen LogP contribution is 1.91. The first-order valence-corrected chi connectivity index (χ1v) is 6.34. The average Bonchev–Trinajstić information content (AvgIpc) is 2.16. The standard InChI is InChI=1S/C8H17NO6S/c1-7(8(10)11)9-16(12,13)6-5-15-4-3-14-2/h7,9H,3-6H2,1-2H3,(H,10,11). The van der Waals surface area contributed by atoms with E-state index in [9.17, 15) is 13.2 Å². The van der Waals surface area contributed by atoms with Crippen LogP contribution < -0.4 is 4.72 Å². The van der Waals surface area contributed by atoms with Gasteiger partial charge in [0.1, 0.15) is 6.04 Å². The highest BCUT2D eigenvalue weighted by atomic mass is 32.2. The number of carbonyl (C=O) groups is 1. The molecule has 0 heterocycles. The third kappa shape index (κ3) is 7.57. The summed E-state index contributed by atoms with van der Waals surface area (Å²) in [6, 6.07) is -1.14. The van der Waals surface area contributed by atoms with Gasteiger partial charge in [-0.25, -0.2) is 13.1 Å². The molecule has 1 unspecified atom stereocenters. The Hall–Kier alpha value is -0.700. The number of ether oxygens (including phenoxy) is 2. The molecule has 0 fully saturated rings. The van der Waals surface area contributed by atoms with E-state index in [1.807, 2.05) is 4.72 Å². The van der Waals surface area contributed by atoms with Crippen molar-refractivity contribution in [3.05, 3.63) is 0 Å². The minimum atomic E-state index is -3.61. The van der Waals surface area contributed by atoms with Gasteiger partial charge < -0.3 is 14.6 Å². The average molecular weight is 255 g/mol. The minimum absolute atomic E-state index is 0.00499. The Morgan fingerprint density at radius 1 is 1.38 bits per heavy atom. The summed E-state index contributed by atoms with van der Waals surface area (Å²) >= 11 is 0. The van der Waals surface area contributed by atoms with Crippen molar-refractivity contribution in [2.24, 2.45) is 0 Å². The summed E-state index contributed by atoms with van der Waals surface area (Å²) in [5.74, 6) is -1.49. The van der Waals surface area contributed by atoms with Gasteiger partial charge >= 0.3 is 5.97 Å². The Morgan fingerprint density at radius 2 is 2.00 bits per heavy atom. The van der Waals surface area contributed by atoms with E-state index in [0.717, 1.165) is 0 Å². The number of hydrogen-bond acceptors (Lipinski definition) is 5. The maximum atomic E-state index is 11.3. The molecular formula is C8H17NO6S. The number of rotatable bonds is 9. The van der Waals surface area contributed by atoms with E-state index in [2.05, 4.69) is 0 Å². The monoisotopic (exact) mass is 255 g/mol. The number of carboxylic acids is 1. The van der Waals surface area contributed by atoms with Crippen molar-refractivity contribution in [3.8, 4) is 0 Å². The van der Waals surface area contributed by atoms with Crippen molar-refractivity contribution < 1.29 is 27.8 Å². The van der Waals surface area contributed by atoms with Crippen molar-refractivity contribution in [2.75, 3.05) is 32.7 Å². The molecule has 16 heavy (non-hydrogen) atoms. The molecule has 0 rings (SSSR count). The predicted molar refractivity (Wildman–Crippen MR) is 56.7 cm³/mol. The van der Waals surface area contributed by atoms with Crippen molar-refractivity contribution >= 4 is 16.0 Å². The van der Waals surface area contributed by atoms with Crippen LogP contribution in [0.4, 0.5) is 0 Å². The van der Waals surface area contributed by atoms with Crippen LogP contribution in [-0.2, 0) is 24.3 Å². The van der Waals surface area contributed by atoms with Gasteiger partial charge in [-0.05, 0) is 6.92 Å². The number of methoxy groups -OCH3 is 1. The summed E-state index contributed by atoms with van der Waals surface area (Å²) in [7, 11) is -2.10. The molecule has 8 heteroatoms. The molecule has 0 aliphatic heterocycles. The molecule has 0 aliphatic carbocycles. The van der Waals surface area contributed by atoms with E-state index in [4.69, 9.17) is 14.6 Å². The van der Waals surface area contributed by atoms with Gasteiger partial charge in [0.15, 0.2) is 0 Å². The molecule has 7 nitrogen and oxygen atoms in total. The van der Waals surface area contributed by atoms with Gasteiger partial charge in [0, 0.05) is 7.11 Å². The molecule has 0 saturated heterocycles. The number of aliphatic carboxylic acids is 1. The Labute approximate surface area is 94.8 Å². The third-order valence-corrected chi connectivity index (χ3v) is 3.07. The molecular weight excluding hydrogens is 238 g/mol. The zero-order chi connectivity index (χ0) is 12.6. The first kappa shape index (κ1) is 15.3. The van der Waals surface area contributed by atoms with Gasteiger partial charge in [-0.2, -0.15) is 0 Å². The third-order valence-electron chi connectivity index (χ3n) is 1.65. The largest absolute Gasteiger partial charge is 0.480 e. The highest BCUT2D eigenvalue weighted by molar-refractivity contribution is 7.89. The molecule has 96 valence electrons. The lowest BCUT2D eigenvalue weighted by atomic mass is 10.4. The van der Waals surface area contributed by atoms with Gasteiger partial charge in [0.05, 0.1) is 25.6 Å². The number of carboxylic acid groups (broad SMARTS) is 1. The van der Waals surface area contributed by atoms with Crippen LogP contribution in [0.2, 0.25) is 0 Å². The number of sulfonamides is 1. The summed E-state index contributed by atoms with van der Waals surface area (Å²) in [5, 5.41) is 8.51. The normalized spacial score (nSPS) is 13.6. The van der Waals surface area contributed by atoms with Gasteiger partial charge in [0.2, 0.25) is 10.0 Å². The van der Waals surface area contributed by atoms with E-state index < -0.39 is 22.0 Å². The maximum Gasteiger partial charge on any atom is 0.321 e. The fraction of sp³-hybridized carbons (Fsp3) is 0.875. The quantitative estimate of drug-likeness (QED) is 0.515. The van der Waals surface area contributed by atoms with Gasteiger partial charge in [-0.15, -0.1) is 0 Å². The second-order valence-electron chi connectivity index (χ2n) is 3.10. The second kappa shape index (κ2) is 7.55. The Balaban J connectivity index is 3.83. The first-order valence-electron chi connectivity index (χ1n) is 4.68. The van der Waals surface area contributed by atoms with Crippen molar-refractivity contribution in [1.29, 1.82) is 0 Å². The Bertz CT molecular complexity index is 302. The second-order valence-corrected chi connectivity index (χ2v) is 4.98. The van der Waals surface area contributed by atoms with E-state index in [1.54, 1.807) is 0 Å². The zero-order valence-electron chi connectivity index (χ0n) is 9.30. The molecule has 0 aliphatic rings. The molecule has 0 aromatic heterocycles. The fourth-order valence-electron chi connectivity index (χ4n) is 0.792. The maximum absolute atomic E-state index is 11.3. The first-order chi connectivity index (χ1) is 7.39. The SMILES string of the molecule is COCCOCCS(=O)(=O)NC(C)C(=O)O. The van der Waals surface area contributed by atoms with Gasteiger partial charge in [0.25, 0.3) is 0 Å². The van der Waals surface area contributed by atoms with E-state index in [-0.39, 0.29) is 12.4 Å². The van der Waals surface area contributed by atoms with E-state index >= 15 is 0 Å². The van der Waals surface area contributed by atoms with Crippen molar-refractivity contribution in [2.45, 2.75) is 13.0 Å². The lowest BCUT2D eigenvalue weighted by Crippen LogP contribution is -2.40. The van der Waals surface area contributed by atoms with Crippen molar-refractivity contribution in [1.82, 2.24) is 4.72 Å². The Kier molecular flexibility index (Phi) is 7.22. The molecule has 0 radical (unpaired) electrons. The lowest BCUT2D eigenvalue weighted by molar-refractivity contribution is -0.138. The van der Waals surface area contributed by atoms with Crippen LogP contribution in [-0.4, -0.2) is 58.2 Å².